The van der Waals surface area contributed by atoms with Crippen LogP contribution in [0.1, 0.15) is 30.0 Å². The molecule has 0 aromatic heterocycles. The summed E-state index contributed by atoms with van der Waals surface area (Å²) in [6.07, 6.45) is -1.13. The smallest absolute Gasteiger partial charge is 0.280 e. The summed E-state index contributed by atoms with van der Waals surface area (Å²) in [6, 6.07) is 9.25. The number of nitrogens with two attached hydrogens (primary N) is 1. The van der Waals surface area contributed by atoms with Gasteiger partial charge in [-0.15, -0.1) is 0 Å². The molecule has 1 aliphatic carbocycles. The van der Waals surface area contributed by atoms with Gasteiger partial charge in [-0.1, -0.05) is 30.3 Å². The first-order chi connectivity index (χ1) is 17.7. The Morgan fingerprint density at radius 3 is 2.34 bits per heavy atom. The summed E-state index contributed by atoms with van der Waals surface area (Å²) in [5.74, 6) is -4.58. The molecule has 206 valence electrons. The molecule has 2 amide bonds. The number of carbonyl (C=O) groups excluding carboxylic acids is 2. The molecule has 1 heterocycles. The van der Waals surface area contributed by atoms with Crippen molar-refractivity contribution in [1.29, 1.82) is 0 Å². The number of hydrogen-bond donors (Lipinski definition) is 3. The molecule has 11 nitrogen and oxygen atoms in total. The minimum atomic E-state index is -4.21. The number of nitrogens with zero attached hydrogens (tertiary/aromatic N) is 2. The molecule has 15 heteroatoms. The first-order valence-corrected chi connectivity index (χ1v) is 14.6. The minimum Gasteiger partial charge on any atom is -0.351 e. The standard InChI is InChI=1S/C23H27F2N5O6S2/c1-15-5-2-3-8-19(15)21(22(32)28-16-12-23(24,25)13-16)30(17-6-4-7-18(11-17)37(26,33)34)20(31)14-27-38(35,36)29-9-10-29/h2-8,11,16,21,27H,9-10,12-14H2,1H3,(H,28,32)(H2,26,33,34). The SMILES string of the molecule is Cc1ccccc1C(C(=O)NC1CC(F)(F)C1)N(C(=O)CNS(=O)(=O)N1CC1)c1cccc(S(N)(=O)=O)c1. The summed E-state index contributed by atoms with van der Waals surface area (Å²) < 4.78 is 78.9. The van der Waals surface area contributed by atoms with Crippen LogP contribution in [0.25, 0.3) is 0 Å². The topological polar surface area (TPSA) is 159 Å². The molecule has 0 bridgehead atoms. The molecule has 38 heavy (non-hydrogen) atoms. The number of amides is 2. The maximum absolute atomic E-state index is 13.6. The average Bonchev–Trinajstić information content (AvgIpc) is 3.66. The first kappa shape index (κ1) is 28.0. The summed E-state index contributed by atoms with van der Waals surface area (Å²) in [6.45, 7) is 1.52. The van der Waals surface area contributed by atoms with Gasteiger partial charge in [-0.05, 0) is 36.2 Å². The largest absolute Gasteiger partial charge is 0.351 e. The Hall–Kier alpha value is -2.98. The van der Waals surface area contributed by atoms with Gasteiger partial charge < -0.3 is 5.32 Å². The second kappa shape index (κ2) is 10.3. The molecule has 1 saturated heterocycles. The van der Waals surface area contributed by atoms with E-state index in [4.69, 9.17) is 5.14 Å². The van der Waals surface area contributed by atoms with Gasteiger partial charge in [-0.25, -0.2) is 22.3 Å². The van der Waals surface area contributed by atoms with Gasteiger partial charge in [0.05, 0.1) is 11.4 Å². The van der Waals surface area contributed by atoms with Crippen molar-refractivity contribution in [3.8, 4) is 0 Å². The maximum atomic E-state index is 13.6. The van der Waals surface area contributed by atoms with E-state index in [1.54, 1.807) is 31.2 Å². The Kier molecular flexibility index (Phi) is 7.60. The molecule has 2 aromatic carbocycles. The summed E-state index contributed by atoms with van der Waals surface area (Å²) in [5.41, 5.74) is 0.852. The number of primary sulfonamides is 1. The van der Waals surface area contributed by atoms with Crippen molar-refractivity contribution in [2.75, 3.05) is 24.5 Å². The van der Waals surface area contributed by atoms with Crippen LogP contribution in [0.3, 0.4) is 0 Å². The molecule has 0 radical (unpaired) electrons. The van der Waals surface area contributed by atoms with Gasteiger partial charge in [-0.2, -0.15) is 17.4 Å². The predicted molar refractivity (Wildman–Crippen MR) is 134 cm³/mol. The lowest BCUT2D eigenvalue weighted by Crippen LogP contribution is -2.55. The summed E-state index contributed by atoms with van der Waals surface area (Å²) in [7, 11) is -8.15. The molecule has 2 aliphatic rings. The van der Waals surface area contributed by atoms with Crippen LogP contribution < -0.4 is 20.1 Å². The van der Waals surface area contributed by atoms with E-state index in [9.17, 15) is 35.2 Å². The number of hydrogen-bond acceptors (Lipinski definition) is 6. The lowest BCUT2D eigenvalue weighted by molar-refractivity contribution is -0.132. The zero-order chi connectivity index (χ0) is 27.9. The monoisotopic (exact) mass is 571 g/mol. The van der Waals surface area contributed by atoms with E-state index in [1.165, 1.54) is 18.2 Å². The van der Waals surface area contributed by atoms with Crippen LogP contribution in [0.5, 0.6) is 0 Å². The molecule has 1 unspecified atom stereocenters. The Morgan fingerprint density at radius 2 is 1.76 bits per heavy atom. The molecule has 2 fully saturated rings. The van der Waals surface area contributed by atoms with Crippen molar-refractivity contribution in [3.05, 3.63) is 59.7 Å². The Morgan fingerprint density at radius 1 is 1.11 bits per heavy atom. The predicted octanol–water partition coefficient (Wildman–Crippen LogP) is 0.781. The third-order valence-corrected chi connectivity index (χ3v) is 8.74. The zero-order valence-electron chi connectivity index (χ0n) is 20.3. The highest BCUT2D eigenvalue weighted by atomic mass is 32.2. The average molecular weight is 572 g/mol. The second-order valence-corrected chi connectivity index (χ2v) is 12.6. The molecule has 0 spiro atoms. The number of sulfonamides is 1. The van der Waals surface area contributed by atoms with Gasteiger partial charge in [0.2, 0.25) is 21.8 Å². The van der Waals surface area contributed by atoms with Crippen molar-refractivity contribution in [2.45, 2.75) is 42.7 Å². The third-order valence-electron chi connectivity index (χ3n) is 6.27. The van der Waals surface area contributed by atoms with Crippen molar-refractivity contribution >= 4 is 37.7 Å². The second-order valence-electron chi connectivity index (χ2n) is 9.26. The lowest BCUT2D eigenvalue weighted by Gasteiger charge is -2.38. The fraction of sp³-hybridized carbons (Fsp3) is 0.391. The highest BCUT2D eigenvalue weighted by Crippen LogP contribution is 2.38. The fourth-order valence-corrected chi connectivity index (χ4v) is 5.80. The number of carbonyl (C=O) groups is 2. The maximum Gasteiger partial charge on any atom is 0.280 e. The normalized spacial score (nSPS) is 18.3. The van der Waals surface area contributed by atoms with Crippen LogP contribution in [0.4, 0.5) is 14.5 Å². The Balaban J connectivity index is 1.77. The zero-order valence-corrected chi connectivity index (χ0v) is 21.9. The van der Waals surface area contributed by atoms with Crippen LogP contribution in [0.2, 0.25) is 0 Å². The number of rotatable bonds is 10. The van der Waals surface area contributed by atoms with E-state index in [0.29, 0.717) is 24.2 Å². The van der Waals surface area contributed by atoms with Gasteiger partial charge in [0.25, 0.3) is 16.1 Å². The molecule has 2 aromatic rings. The third kappa shape index (κ3) is 6.35. The quantitative estimate of drug-likeness (QED) is 0.358. The molecule has 1 aliphatic heterocycles. The Labute approximate surface area is 219 Å². The molecule has 1 atom stereocenters. The number of benzene rings is 2. The van der Waals surface area contributed by atoms with Gasteiger partial charge in [0.1, 0.15) is 6.04 Å². The Bertz CT molecular complexity index is 1460. The van der Waals surface area contributed by atoms with Crippen LogP contribution >= 0.6 is 0 Å². The highest BCUT2D eigenvalue weighted by Gasteiger charge is 2.47. The van der Waals surface area contributed by atoms with E-state index >= 15 is 0 Å². The van der Waals surface area contributed by atoms with Gasteiger partial charge in [-0.3, -0.25) is 14.5 Å². The van der Waals surface area contributed by atoms with Gasteiger partial charge in [0.15, 0.2) is 0 Å². The number of aryl methyl sites for hydroxylation is 1. The van der Waals surface area contributed by atoms with E-state index < -0.39 is 69.4 Å². The molecule has 1 saturated carbocycles. The molecular weight excluding hydrogens is 544 g/mol. The van der Waals surface area contributed by atoms with Gasteiger partial charge in [0, 0.05) is 37.7 Å². The van der Waals surface area contributed by atoms with E-state index in [2.05, 4.69) is 10.0 Å². The lowest BCUT2D eigenvalue weighted by atomic mass is 9.87. The van der Waals surface area contributed by atoms with Crippen LogP contribution in [0, 0.1) is 6.92 Å². The van der Waals surface area contributed by atoms with E-state index in [0.717, 1.165) is 15.3 Å². The number of alkyl halides is 2. The molecule has 4 rings (SSSR count). The molecule has 4 N–H and O–H groups in total. The number of nitrogens with one attached hydrogen (secondary N) is 2. The fourth-order valence-electron chi connectivity index (χ4n) is 4.19. The van der Waals surface area contributed by atoms with Gasteiger partial charge >= 0.3 is 0 Å². The number of halogens is 2. The van der Waals surface area contributed by atoms with Crippen molar-refractivity contribution in [2.24, 2.45) is 5.14 Å². The first-order valence-electron chi connectivity index (χ1n) is 11.6. The van der Waals surface area contributed by atoms with Crippen molar-refractivity contribution < 1.29 is 35.2 Å². The molecular formula is C23H27F2N5O6S2. The van der Waals surface area contributed by atoms with Crippen LogP contribution in [-0.4, -0.2) is 64.6 Å². The van der Waals surface area contributed by atoms with Crippen LogP contribution in [-0.2, 0) is 29.8 Å². The van der Waals surface area contributed by atoms with Crippen molar-refractivity contribution in [1.82, 2.24) is 14.3 Å². The van der Waals surface area contributed by atoms with Crippen molar-refractivity contribution in [3.63, 3.8) is 0 Å². The van der Waals surface area contributed by atoms with E-state index in [-0.39, 0.29) is 10.6 Å². The van der Waals surface area contributed by atoms with Crippen LogP contribution in [0.15, 0.2) is 53.4 Å². The summed E-state index contributed by atoms with van der Waals surface area (Å²) >= 11 is 0. The van der Waals surface area contributed by atoms with E-state index in [1.807, 2.05) is 0 Å². The summed E-state index contributed by atoms with van der Waals surface area (Å²) in [4.78, 5) is 27.8. The highest BCUT2D eigenvalue weighted by molar-refractivity contribution is 7.89. The number of anilines is 1. The summed E-state index contributed by atoms with van der Waals surface area (Å²) in [5, 5.41) is 7.81. The minimum absolute atomic E-state index is 0.0604.